The topological polar surface area (TPSA) is 69.4 Å². The van der Waals surface area contributed by atoms with Gasteiger partial charge in [0.15, 0.2) is 11.5 Å². The summed E-state index contributed by atoms with van der Waals surface area (Å²) in [5, 5.41) is 10.8. The fourth-order valence-corrected chi connectivity index (χ4v) is 2.01. The molecule has 0 atom stereocenters. The monoisotopic (exact) mass is 351 g/mol. The van der Waals surface area contributed by atoms with Crippen LogP contribution in [0.15, 0.2) is 16.6 Å². The van der Waals surface area contributed by atoms with E-state index in [0.29, 0.717) is 4.47 Å². The summed E-state index contributed by atoms with van der Waals surface area (Å²) in [6.07, 6.45) is 0. The zero-order valence-corrected chi connectivity index (χ0v) is 11.4. The number of hydrogen-bond donors (Lipinski definition) is 0. The number of hydrogen-bond acceptors (Lipinski definition) is 4. The summed E-state index contributed by atoms with van der Waals surface area (Å²) >= 11 is 6.15. The normalized spacial score (nSPS) is 9.94. The number of Topliss-reactive ketones (excluding diaryl/α,β-unsaturated/α-hetero) is 1. The molecule has 0 bridgehead atoms. The first-order valence-corrected chi connectivity index (χ1v) is 6.04. The van der Waals surface area contributed by atoms with Gasteiger partial charge in [0, 0.05) is 6.07 Å². The molecule has 1 rings (SSSR count). The lowest BCUT2D eigenvalue weighted by atomic mass is 10.1. The highest BCUT2D eigenvalue weighted by molar-refractivity contribution is 9.10. The Labute approximate surface area is 108 Å². The Morgan fingerprint density at radius 1 is 1.56 bits per heavy atom. The summed E-state index contributed by atoms with van der Waals surface area (Å²) in [7, 11) is 1.36. The number of rotatable bonds is 4. The van der Waals surface area contributed by atoms with Crippen LogP contribution in [0.25, 0.3) is 0 Å². The lowest BCUT2D eigenvalue weighted by Crippen LogP contribution is -2.07. The average molecular weight is 353 g/mol. The van der Waals surface area contributed by atoms with Gasteiger partial charge in [0.05, 0.1) is 21.8 Å². The van der Waals surface area contributed by atoms with Crippen LogP contribution in [-0.2, 0) is 0 Å². The van der Waals surface area contributed by atoms with Crippen LogP contribution in [-0.4, -0.2) is 23.1 Å². The molecule has 0 aliphatic carbocycles. The standard InChI is InChI=1S/C9H7Br2NO4/c1-16-9-5(11)2-3-6(12(14)15)8(9)7(13)4-10/h2-3H,4H2,1H3. The van der Waals surface area contributed by atoms with Crippen molar-refractivity contribution in [1.82, 2.24) is 0 Å². The first-order chi connectivity index (χ1) is 7.52. The number of nitrogens with zero attached hydrogens (tertiary/aromatic N) is 1. The van der Waals surface area contributed by atoms with Crippen molar-refractivity contribution in [1.29, 1.82) is 0 Å². The quantitative estimate of drug-likeness (QED) is 0.361. The predicted molar refractivity (Wildman–Crippen MR) is 65.5 cm³/mol. The van der Waals surface area contributed by atoms with Crippen LogP contribution in [0.3, 0.4) is 0 Å². The molecule has 0 amide bonds. The molecule has 1 aromatic carbocycles. The summed E-state index contributed by atoms with van der Waals surface area (Å²) < 4.78 is 5.50. The van der Waals surface area contributed by atoms with E-state index in [0.717, 1.165) is 0 Å². The molecule has 0 fully saturated rings. The van der Waals surface area contributed by atoms with Crippen LogP contribution >= 0.6 is 31.9 Å². The third-order valence-corrected chi connectivity index (χ3v) is 3.02. The Balaban J connectivity index is 3.53. The van der Waals surface area contributed by atoms with Crippen molar-refractivity contribution >= 4 is 43.3 Å². The van der Waals surface area contributed by atoms with Gasteiger partial charge in [-0.15, -0.1) is 0 Å². The first kappa shape index (κ1) is 13.1. The molecule has 0 heterocycles. The molecule has 0 saturated carbocycles. The molecule has 5 nitrogen and oxygen atoms in total. The number of methoxy groups -OCH3 is 1. The average Bonchev–Trinajstić information content (AvgIpc) is 2.27. The molecule has 1 aromatic rings. The van der Waals surface area contributed by atoms with E-state index in [4.69, 9.17) is 4.74 Å². The van der Waals surface area contributed by atoms with E-state index in [-0.39, 0.29) is 22.3 Å². The molecule has 0 aliphatic rings. The van der Waals surface area contributed by atoms with Gasteiger partial charge in [0.2, 0.25) is 0 Å². The number of carbonyl (C=O) groups excluding carboxylic acids is 1. The Morgan fingerprint density at radius 3 is 2.62 bits per heavy atom. The number of halogens is 2. The lowest BCUT2D eigenvalue weighted by Gasteiger charge is -2.08. The maximum Gasteiger partial charge on any atom is 0.284 e. The fourth-order valence-electron chi connectivity index (χ4n) is 1.23. The van der Waals surface area contributed by atoms with Crippen molar-refractivity contribution in [2.45, 2.75) is 0 Å². The number of carbonyl (C=O) groups is 1. The van der Waals surface area contributed by atoms with Crippen LogP contribution in [0.1, 0.15) is 10.4 Å². The molecule has 0 saturated heterocycles. The Morgan fingerprint density at radius 2 is 2.19 bits per heavy atom. The highest BCUT2D eigenvalue weighted by Crippen LogP contribution is 2.35. The zero-order valence-electron chi connectivity index (χ0n) is 8.20. The number of benzene rings is 1. The predicted octanol–water partition coefficient (Wildman–Crippen LogP) is 2.94. The molecule has 0 aliphatic heterocycles. The van der Waals surface area contributed by atoms with E-state index in [9.17, 15) is 14.9 Å². The summed E-state index contributed by atoms with van der Waals surface area (Å²) in [5.41, 5.74) is -0.289. The summed E-state index contributed by atoms with van der Waals surface area (Å²) in [6.45, 7) is 0. The lowest BCUT2D eigenvalue weighted by molar-refractivity contribution is -0.385. The van der Waals surface area contributed by atoms with Crippen molar-refractivity contribution in [3.63, 3.8) is 0 Å². The number of nitro benzene ring substituents is 1. The molecule has 16 heavy (non-hydrogen) atoms. The third kappa shape index (κ3) is 2.41. The minimum Gasteiger partial charge on any atom is -0.495 e. The fraction of sp³-hybridized carbons (Fsp3) is 0.222. The maximum atomic E-state index is 11.6. The van der Waals surface area contributed by atoms with Crippen LogP contribution in [0, 0.1) is 10.1 Å². The summed E-state index contributed by atoms with van der Waals surface area (Å²) in [5.74, 6) is -0.219. The molecule has 0 spiro atoms. The second-order valence-corrected chi connectivity index (χ2v) is 4.20. The van der Waals surface area contributed by atoms with E-state index in [1.165, 1.54) is 19.2 Å². The molecule has 7 heteroatoms. The first-order valence-electron chi connectivity index (χ1n) is 4.13. The Hall–Kier alpha value is -0.950. The van der Waals surface area contributed by atoms with Crippen molar-refractivity contribution in [3.05, 3.63) is 32.3 Å². The van der Waals surface area contributed by atoms with Gasteiger partial charge in [0.1, 0.15) is 5.56 Å². The minimum absolute atomic E-state index is 0.000648. The molecule has 0 unspecified atom stereocenters. The summed E-state index contributed by atoms with van der Waals surface area (Å²) in [4.78, 5) is 21.8. The smallest absolute Gasteiger partial charge is 0.284 e. The van der Waals surface area contributed by atoms with Gasteiger partial charge in [-0.05, 0) is 22.0 Å². The highest BCUT2D eigenvalue weighted by atomic mass is 79.9. The van der Waals surface area contributed by atoms with Gasteiger partial charge in [0.25, 0.3) is 5.69 Å². The maximum absolute atomic E-state index is 11.6. The van der Waals surface area contributed by atoms with Crippen LogP contribution in [0.2, 0.25) is 0 Å². The van der Waals surface area contributed by atoms with Crippen LogP contribution in [0.4, 0.5) is 5.69 Å². The largest absolute Gasteiger partial charge is 0.495 e. The van der Waals surface area contributed by atoms with E-state index in [2.05, 4.69) is 31.9 Å². The van der Waals surface area contributed by atoms with Gasteiger partial charge < -0.3 is 4.74 Å². The number of ether oxygens (including phenoxy) is 1. The van der Waals surface area contributed by atoms with E-state index >= 15 is 0 Å². The van der Waals surface area contributed by atoms with E-state index < -0.39 is 10.7 Å². The number of ketones is 1. The zero-order chi connectivity index (χ0) is 12.3. The second-order valence-electron chi connectivity index (χ2n) is 2.79. The minimum atomic E-state index is -0.606. The summed E-state index contributed by atoms with van der Waals surface area (Å²) in [6, 6.07) is 2.74. The van der Waals surface area contributed by atoms with Crippen molar-refractivity contribution in [3.8, 4) is 5.75 Å². The Bertz CT molecular complexity index is 447. The van der Waals surface area contributed by atoms with Gasteiger partial charge in [-0.3, -0.25) is 14.9 Å². The SMILES string of the molecule is COc1c(Br)ccc([N+](=O)[O-])c1C(=O)CBr. The molecular weight excluding hydrogens is 346 g/mol. The van der Waals surface area contributed by atoms with Crippen LogP contribution < -0.4 is 4.74 Å². The van der Waals surface area contributed by atoms with E-state index in [1.54, 1.807) is 0 Å². The van der Waals surface area contributed by atoms with Gasteiger partial charge >= 0.3 is 0 Å². The third-order valence-electron chi connectivity index (χ3n) is 1.89. The van der Waals surface area contributed by atoms with Crippen molar-refractivity contribution in [2.24, 2.45) is 0 Å². The molecule has 86 valence electrons. The molecule has 0 aromatic heterocycles. The van der Waals surface area contributed by atoms with Gasteiger partial charge in [-0.2, -0.15) is 0 Å². The molecular formula is C9H7Br2NO4. The van der Waals surface area contributed by atoms with Crippen LogP contribution in [0.5, 0.6) is 5.75 Å². The van der Waals surface area contributed by atoms with Gasteiger partial charge in [-0.25, -0.2) is 0 Å². The molecule has 0 radical (unpaired) electrons. The van der Waals surface area contributed by atoms with Crippen molar-refractivity contribution < 1.29 is 14.5 Å². The van der Waals surface area contributed by atoms with Gasteiger partial charge in [-0.1, -0.05) is 15.9 Å². The number of nitro groups is 1. The Kier molecular flexibility index (Phi) is 4.43. The number of alkyl halides is 1. The van der Waals surface area contributed by atoms with E-state index in [1.807, 2.05) is 0 Å². The second kappa shape index (κ2) is 5.40. The highest BCUT2D eigenvalue weighted by Gasteiger charge is 2.25. The molecule has 0 N–H and O–H groups in total. The van der Waals surface area contributed by atoms with Crippen molar-refractivity contribution in [2.75, 3.05) is 12.4 Å².